The first-order chi connectivity index (χ1) is 1.73. The van der Waals surface area contributed by atoms with Crippen LogP contribution in [0.25, 0.3) is 0 Å². The fourth-order valence-corrected chi connectivity index (χ4v) is 0. The van der Waals surface area contributed by atoms with Gasteiger partial charge in [0.1, 0.15) is 0 Å². The highest BCUT2D eigenvalue weighted by atomic mass is 14.9. The predicted octanol–water partition coefficient (Wildman–Crippen LogP) is -0.369. The maximum absolute atomic E-state index is 4.94. The van der Waals surface area contributed by atoms with E-state index in [1.807, 2.05) is 0 Å². The van der Waals surface area contributed by atoms with Crippen molar-refractivity contribution in [1.29, 1.82) is 0 Å². The Morgan fingerprint density at radius 2 is 1.50 bits per heavy atom. The van der Waals surface area contributed by atoms with E-state index in [0.717, 1.165) is 0 Å². The van der Waals surface area contributed by atoms with Gasteiger partial charge in [0.05, 0.1) is 0 Å². The molecular weight excluding hydrogens is 48.8 g/mol. The van der Waals surface area contributed by atoms with Crippen LogP contribution in [0.5, 0.6) is 0 Å². The van der Waals surface area contributed by atoms with E-state index in [1.54, 1.807) is 14.1 Å². The lowest BCUT2D eigenvalue weighted by Crippen LogP contribution is -2.02. The van der Waals surface area contributed by atoms with Crippen molar-refractivity contribution < 1.29 is 0 Å². The molecule has 0 heterocycles. The monoisotopic (exact) mass is 55.1 g/mol. The van der Waals surface area contributed by atoms with Crippen LogP contribution in [0, 0.1) is 0 Å². The summed E-state index contributed by atoms with van der Waals surface area (Å²) in [4.78, 5) is 1.50. The van der Waals surface area contributed by atoms with E-state index in [9.17, 15) is 0 Å². The molecule has 0 aliphatic rings. The van der Waals surface area contributed by atoms with E-state index in [-0.39, 0.29) is 0 Å². The van der Waals surface area contributed by atoms with Crippen LogP contribution in [0.3, 0.4) is 0 Å². The number of hydrogen-bond acceptors (Lipinski definition) is 1. The van der Waals surface area contributed by atoms with Crippen molar-refractivity contribution in [3.63, 3.8) is 0 Å². The van der Waals surface area contributed by atoms with Gasteiger partial charge in [0.15, 0.2) is 0 Å². The fraction of sp³-hybridized carbons (Fsp3) is 1.00. The molecule has 0 atom stereocenters. The maximum atomic E-state index is 4.94. The largest absolute Gasteiger partial charge is 0.585 e. The number of rotatable bonds is 0. The van der Waals surface area contributed by atoms with Crippen LogP contribution in [0.15, 0.2) is 0 Å². The SMILES string of the molecule is [B-]N(C)C. The highest BCUT2D eigenvalue weighted by Crippen LogP contribution is 1.44. The van der Waals surface area contributed by atoms with Crippen LogP contribution in [0.4, 0.5) is 0 Å². The molecule has 1 nitrogen and oxygen atoms in total. The van der Waals surface area contributed by atoms with Crippen LogP contribution in [-0.4, -0.2) is 26.9 Å². The number of hydrogen-bond donors (Lipinski definition) is 0. The van der Waals surface area contributed by atoms with Crippen molar-refractivity contribution in [3.05, 3.63) is 0 Å². The van der Waals surface area contributed by atoms with Gasteiger partial charge in [0, 0.05) is 0 Å². The lowest BCUT2D eigenvalue weighted by atomic mass is 10.4. The van der Waals surface area contributed by atoms with Crippen molar-refractivity contribution in [2.75, 3.05) is 14.1 Å². The molecule has 0 spiro atoms. The average Bonchev–Trinajstić information content (AvgIpc) is 0.811. The molecule has 23 valence electrons. The third-order valence-electron chi connectivity index (χ3n) is 0. The Kier molecular flexibility index (Phi) is 1.36. The second-order valence-corrected chi connectivity index (χ2v) is 0.964. The zero-order valence-corrected chi connectivity index (χ0v) is 3.02. The van der Waals surface area contributed by atoms with E-state index in [4.69, 9.17) is 7.98 Å². The van der Waals surface area contributed by atoms with Gasteiger partial charge >= 0.3 is 0 Å². The molecule has 0 amide bonds. The van der Waals surface area contributed by atoms with Gasteiger partial charge in [0.2, 0.25) is 0 Å². The first-order valence-corrected chi connectivity index (χ1v) is 1.15. The standard InChI is InChI=1S/C2H6BN/c1-4(2)3/h1-2H3/q-1. The van der Waals surface area contributed by atoms with Crippen molar-refractivity contribution in [3.8, 4) is 0 Å². The highest BCUT2D eigenvalue weighted by Gasteiger charge is 1.36. The Labute approximate surface area is 28.0 Å². The molecule has 0 saturated heterocycles. The van der Waals surface area contributed by atoms with Crippen LogP contribution >= 0.6 is 0 Å². The van der Waals surface area contributed by atoms with Crippen molar-refractivity contribution in [2.24, 2.45) is 0 Å². The van der Waals surface area contributed by atoms with Gasteiger partial charge in [-0.25, -0.2) is 0 Å². The second kappa shape index (κ2) is 1.36. The molecule has 0 rings (SSSR count). The van der Waals surface area contributed by atoms with E-state index in [0.29, 0.717) is 0 Å². The molecule has 0 aromatic heterocycles. The molecule has 0 bridgehead atoms. The quantitative estimate of drug-likeness (QED) is 0.341. The Morgan fingerprint density at radius 1 is 1.50 bits per heavy atom. The van der Waals surface area contributed by atoms with Gasteiger partial charge in [-0.3, -0.25) is 0 Å². The summed E-state index contributed by atoms with van der Waals surface area (Å²) >= 11 is 0. The highest BCUT2D eigenvalue weighted by molar-refractivity contribution is 6.03. The lowest BCUT2D eigenvalue weighted by molar-refractivity contribution is 0.679. The summed E-state index contributed by atoms with van der Waals surface area (Å²) < 4.78 is 0. The summed E-state index contributed by atoms with van der Waals surface area (Å²) in [5, 5.41) is 0. The maximum Gasteiger partial charge on any atom is -0.0579 e. The molecule has 0 aromatic carbocycles. The molecule has 2 heteroatoms. The minimum absolute atomic E-state index is 1.50. The van der Waals surface area contributed by atoms with Gasteiger partial charge in [-0.05, 0) is 0 Å². The van der Waals surface area contributed by atoms with Crippen LogP contribution in [-0.2, 0) is 0 Å². The molecule has 0 aliphatic heterocycles. The molecule has 0 aliphatic carbocycles. The zero-order valence-electron chi connectivity index (χ0n) is 3.02. The topological polar surface area (TPSA) is 3.24 Å². The third-order valence-corrected chi connectivity index (χ3v) is 0. The van der Waals surface area contributed by atoms with Crippen molar-refractivity contribution in [1.82, 2.24) is 4.81 Å². The molecule has 0 aromatic rings. The van der Waals surface area contributed by atoms with Gasteiger partial charge in [-0.2, -0.15) is 0 Å². The van der Waals surface area contributed by atoms with E-state index in [1.165, 1.54) is 4.81 Å². The predicted molar refractivity (Wildman–Crippen MR) is 19.4 cm³/mol. The average molecular weight is 54.9 g/mol. The lowest BCUT2D eigenvalue weighted by Gasteiger charge is -2.15. The van der Waals surface area contributed by atoms with Crippen molar-refractivity contribution in [2.45, 2.75) is 0 Å². The van der Waals surface area contributed by atoms with Gasteiger partial charge in [-0.1, -0.05) is 14.1 Å². The molecule has 0 unspecified atom stereocenters. The van der Waals surface area contributed by atoms with E-state index < -0.39 is 0 Å². The Balaban J connectivity index is 2.32. The normalized spacial score (nSPS) is 9.00. The summed E-state index contributed by atoms with van der Waals surface area (Å²) in [5.41, 5.74) is 0. The first-order valence-electron chi connectivity index (χ1n) is 1.15. The molecule has 0 saturated carbocycles. The smallest absolute Gasteiger partial charge is 0.0579 e. The molecule has 0 N–H and O–H groups in total. The minimum Gasteiger partial charge on any atom is -0.585 e. The van der Waals surface area contributed by atoms with Crippen LogP contribution < -0.4 is 0 Å². The van der Waals surface area contributed by atoms with Crippen LogP contribution in [0.1, 0.15) is 0 Å². The zero-order chi connectivity index (χ0) is 3.58. The summed E-state index contributed by atoms with van der Waals surface area (Å²) in [6.07, 6.45) is 0. The van der Waals surface area contributed by atoms with Gasteiger partial charge in [-0.15, -0.1) is 0 Å². The third kappa shape index (κ3) is 3420. The molecule has 4 heavy (non-hydrogen) atoms. The molecule has 3 radical (unpaired) electrons. The molecule has 0 fully saturated rings. The number of nitrogens with zero attached hydrogens (tertiary/aromatic N) is 1. The fourth-order valence-electron chi connectivity index (χ4n) is 0. The molecular formula is C2H6BN-. The minimum atomic E-state index is 1.50. The summed E-state index contributed by atoms with van der Waals surface area (Å²) in [7, 11) is 8.50. The Morgan fingerprint density at radius 3 is 1.50 bits per heavy atom. The van der Waals surface area contributed by atoms with E-state index in [2.05, 4.69) is 0 Å². The first kappa shape index (κ1) is 4.02. The summed E-state index contributed by atoms with van der Waals surface area (Å²) in [6.45, 7) is 0. The second-order valence-electron chi connectivity index (χ2n) is 0.964. The van der Waals surface area contributed by atoms with Gasteiger partial charge in [0.25, 0.3) is 0 Å². The Hall–Kier alpha value is 0.0249. The summed E-state index contributed by atoms with van der Waals surface area (Å²) in [5.74, 6) is 0. The van der Waals surface area contributed by atoms with Crippen LogP contribution in [0.2, 0.25) is 0 Å². The Bertz CT molecular complexity index is 10.8. The van der Waals surface area contributed by atoms with Gasteiger partial charge < -0.3 is 12.8 Å². The van der Waals surface area contributed by atoms with E-state index >= 15 is 0 Å². The summed E-state index contributed by atoms with van der Waals surface area (Å²) in [6, 6.07) is 0. The van der Waals surface area contributed by atoms with Crippen molar-refractivity contribution >= 4 is 7.98 Å².